The van der Waals surface area contributed by atoms with E-state index in [-0.39, 0.29) is 42.7 Å². The van der Waals surface area contributed by atoms with Crippen molar-refractivity contribution >= 4 is 23.7 Å². The molecule has 4 atom stereocenters. The monoisotopic (exact) mass is 525 g/mol. The molecule has 1 aliphatic heterocycles. The number of nitrogens with one attached hydrogen (secondary N) is 2. The number of likely N-dealkylation sites (tertiary alicyclic amines) is 1. The van der Waals surface area contributed by atoms with Crippen LogP contribution in [0.2, 0.25) is 0 Å². The van der Waals surface area contributed by atoms with E-state index in [1.165, 1.54) is 12.0 Å². The molecule has 11 heteroatoms. The summed E-state index contributed by atoms with van der Waals surface area (Å²) >= 11 is 0. The van der Waals surface area contributed by atoms with Crippen LogP contribution in [-0.2, 0) is 30.5 Å². The number of ether oxygens (including phenoxy) is 1. The lowest BCUT2D eigenvalue weighted by Crippen LogP contribution is -2.54. The number of carbonyl (C=O) groups excluding carboxylic acids is 4. The highest BCUT2D eigenvalue weighted by atomic mass is 19.2. The molecule has 1 aromatic rings. The average Bonchev–Trinajstić information content (AvgIpc) is 3.62. The lowest BCUT2D eigenvalue weighted by molar-refractivity contribution is -0.147. The minimum absolute atomic E-state index is 0.110. The van der Waals surface area contributed by atoms with Gasteiger partial charge in [0, 0.05) is 37.1 Å². The van der Waals surface area contributed by atoms with Gasteiger partial charge in [-0.05, 0) is 30.7 Å². The molecule has 3 amide bonds. The van der Waals surface area contributed by atoms with E-state index >= 15 is 0 Å². The quantitative estimate of drug-likeness (QED) is 0.323. The molecule has 0 unspecified atom stereocenters. The van der Waals surface area contributed by atoms with Crippen molar-refractivity contribution < 1.29 is 37.1 Å². The van der Waals surface area contributed by atoms with Crippen LogP contribution in [-0.4, -0.2) is 53.8 Å². The van der Waals surface area contributed by atoms with Crippen LogP contribution in [0.25, 0.3) is 0 Å². The minimum atomic E-state index is -1.35. The maximum Gasteiger partial charge on any atom is 0.328 e. The summed E-state index contributed by atoms with van der Waals surface area (Å²) in [6, 6.07) is -1.10. The van der Waals surface area contributed by atoms with Crippen LogP contribution < -0.4 is 10.6 Å². The molecule has 2 aliphatic rings. The Hall–Kier alpha value is -3.11. The van der Waals surface area contributed by atoms with Crippen LogP contribution in [0.3, 0.4) is 0 Å². The van der Waals surface area contributed by atoms with Gasteiger partial charge in [0.2, 0.25) is 17.7 Å². The Morgan fingerprint density at radius 3 is 2.46 bits per heavy atom. The number of methoxy groups -OCH3 is 1. The first-order chi connectivity index (χ1) is 17.5. The summed E-state index contributed by atoms with van der Waals surface area (Å²) in [4.78, 5) is 51.9. The molecule has 37 heavy (non-hydrogen) atoms. The molecule has 1 saturated carbocycles. The molecular weight excluding hydrogens is 491 g/mol. The average molecular weight is 526 g/mol. The largest absolute Gasteiger partial charge is 0.467 e. The summed E-state index contributed by atoms with van der Waals surface area (Å²) in [6.45, 7) is 3.32. The van der Waals surface area contributed by atoms with E-state index in [1.807, 2.05) is 13.8 Å². The second-order valence-corrected chi connectivity index (χ2v) is 9.97. The standard InChI is InChI=1S/C26H34F3N3O5/c1-4-14(2)24(26(36)37-3)31-25(35)20(9-15-5-6-15)30-21(33)12-18-7-8-22(34)32(18)13-16-10-17(27)11-19(28)23(16)29/h10-11,14-15,18,20,24H,4-9,12-13H2,1-3H3,(H,30,33)(H,31,35)/t14-,18-,20-,24-/m0/s1. The molecule has 0 aromatic heterocycles. The van der Waals surface area contributed by atoms with Gasteiger partial charge in [0.1, 0.15) is 17.9 Å². The number of nitrogens with zero attached hydrogens (tertiary/aromatic N) is 1. The molecule has 8 nitrogen and oxygen atoms in total. The first kappa shape index (κ1) is 28.5. The fraction of sp³-hybridized carbons (Fsp3) is 0.615. The lowest BCUT2D eigenvalue weighted by atomic mass is 9.98. The number of halogens is 3. The topological polar surface area (TPSA) is 105 Å². The van der Waals surface area contributed by atoms with Gasteiger partial charge in [0.25, 0.3) is 0 Å². The molecule has 0 bridgehead atoms. The Balaban J connectivity index is 1.67. The predicted octanol–water partition coefficient (Wildman–Crippen LogP) is 2.97. The number of carbonyl (C=O) groups is 4. The normalized spacial score (nSPS) is 19.8. The molecule has 204 valence electrons. The first-order valence-electron chi connectivity index (χ1n) is 12.6. The van der Waals surface area contributed by atoms with E-state index in [1.54, 1.807) is 0 Å². The molecule has 1 saturated heterocycles. The van der Waals surface area contributed by atoms with E-state index in [0.717, 1.165) is 18.9 Å². The number of esters is 1. The summed E-state index contributed by atoms with van der Waals surface area (Å²) in [5.74, 6) is -5.37. The molecule has 1 aromatic carbocycles. The summed E-state index contributed by atoms with van der Waals surface area (Å²) in [7, 11) is 1.24. The van der Waals surface area contributed by atoms with Gasteiger partial charge < -0.3 is 20.3 Å². The van der Waals surface area contributed by atoms with Gasteiger partial charge in [0.05, 0.1) is 7.11 Å². The third-order valence-electron chi connectivity index (χ3n) is 7.17. The van der Waals surface area contributed by atoms with Crippen LogP contribution in [0.15, 0.2) is 12.1 Å². The van der Waals surface area contributed by atoms with Gasteiger partial charge >= 0.3 is 5.97 Å². The molecule has 0 radical (unpaired) electrons. The number of amides is 3. The highest BCUT2D eigenvalue weighted by Gasteiger charge is 2.37. The second-order valence-electron chi connectivity index (χ2n) is 9.97. The van der Waals surface area contributed by atoms with Crippen molar-refractivity contribution in [2.24, 2.45) is 11.8 Å². The van der Waals surface area contributed by atoms with E-state index in [0.29, 0.717) is 25.3 Å². The maximum atomic E-state index is 14.2. The third-order valence-corrected chi connectivity index (χ3v) is 7.17. The predicted molar refractivity (Wildman–Crippen MR) is 127 cm³/mol. The fourth-order valence-corrected chi connectivity index (χ4v) is 4.57. The van der Waals surface area contributed by atoms with Crippen molar-refractivity contribution in [1.29, 1.82) is 0 Å². The van der Waals surface area contributed by atoms with E-state index < -0.39 is 53.4 Å². The van der Waals surface area contributed by atoms with Crippen LogP contribution in [0.5, 0.6) is 0 Å². The van der Waals surface area contributed by atoms with Gasteiger partial charge in [-0.15, -0.1) is 0 Å². The van der Waals surface area contributed by atoms with Gasteiger partial charge in [-0.1, -0.05) is 33.1 Å². The third kappa shape index (κ3) is 7.45. The van der Waals surface area contributed by atoms with Crippen LogP contribution >= 0.6 is 0 Å². The van der Waals surface area contributed by atoms with Crippen molar-refractivity contribution in [2.75, 3.05) is 7.11 Å². The van der Waals surface area contributed by atoms with E-state index in [4.69, 9.17) is 4.74 Å². The Morgan fingerprint density at radius 2 is 1.84 bits per heavy atom. The summed E-state index contributed by atoms with van der Waals surface area (Å²) in [5, 5.41) is 5.44. The van der Waals surface area contributed by atoms with Crippen LogP contribution in [0.1, 0.15) is 64.4 Å². The van der Waals surface area contributed by atoms with E-state index in [2.05, 4.69) is 10.6 Å². The van der Waals surface area contributed by atoms with Crippen molar-refractivity contribution in [3.63, 3.8) is 0 Å². The molecule has 3 rings (SSSR count). The zero-order chi connectivity index (χ0) is 27.3. The number of rotatable bonds is 12. The van der Waals surface area contributed by atoms with Crippen LogP contribution in [0, 0.1) is 29.3 Å². The van der Waals surface area contributed by atoms with Crippen molar-refractivity contribution in [3.8, 4) is 0 Å². The summed E-state index contributed by atoms with van der Waals surface area (Å²) in [6.07, 6.45) is 3.17. The fourth-order valence-electron chi connectivity index (χ4n) is 4.57. The number of benzene rings is 1. The number of hydrogen-bond acceptors (Lipinski definition) is 5. The summed E-state index contributed by atoms with van der Waals surface area (Å²) in [5.41, 5.74) is -0.317. The van der Waals surface area contributed by atoms with Crippen molar-refractivity contribution in [3.05, 3.63) is 35.1 Å². The Bertz CT molecular complexity index is 1030. The Kier molecular flexibility index (Phi) is 9.56. The highest BCUT2D eigenvalue weighted by Crippen LogP contribution is 2.34. The minimum Gasteiger partial charge on any atom is -0.467 e. The zero-order valence-electron chi connectivity index (χ0n) is 21.3. The Labute approximate surface area is 214 Å². The van der Waals surface area contributed by atoms with Gasteiger partial charge in [0.15, 0.2) is 11.6 Å². The smallest absolute Gasteiger partial charge is 0.328 e. The SMILES string of the molecule is CC[C@H](C)[C@H](NC(=O)[C@H](CC1CC1)NC(=O)C[C@@H]1CCC(=O)N1Cc1cc(F)cc(F)c1F)C(=O)OC. The summed E-state index contributed by atoms with van der Waals surface area (Å²) < 4.78 is 46.2. The highest BCUT2D eigenvalue weighted by molar-refractivity contribution is 5.91. The maximum absolute atomic E-state index is 14.2. The Morgan fingerprint density at radius 1 is 1.14 bits per heavy atom. The van der Waals surface area contributed by atoms with Gasteiger partial charge in [-0.2, -0.15) is 0 Å². The second kappa shape index (κ2) is 12.4. The lowest BCUT2D eigenvalue weighted by Gasteiger charge is -2.27. The van der Waals surface area contributed by atoms with Crippen molar-refractivity contribution in [2.45, 2.75) is 83.5 Å². The molecule has 0 spiro atoms. The zero-order valence-corrected chi connectivity index (χ0v) is 21.3. The van der Waals surface area contributed by atoms with Gasteiger partial charge in [-0.3, -0.25) is 14.4 Å². The first-order valence-corrected chi connectivity index (χ1v) is 12.6. The van der Waals surface area contributed by atoms with Gasteiger partial charge in [-0.25, -0.2) is 18.0 Å². The number of hydrogen-bond donors (Lipinski definition) is 2. The van der Waals surface area contributed by atoms with Crippen molar-refractivity contribution in [1.82, 2.24) is 15.5 Å². The van der Waals surface area contributed by atoms with Crippen LogP contribution in [0.4, 0.5) is 13.2 Å². The molecule has 2 fully saturated rings. The molecular formula is C26H34F3N3O5. The molecule has 2 N–H and O–H groups in total. The molecule has 1 aliphatic carbocycles. The molecule has 1 heterocycles. The van der Waals surface area contributed by atoms with E-state index in [9.17, 15) is 32.3 Å².